The molecule has 0 spiro atoms. The minimum atomic E-state index is -0.461. The quantitative estimate of drug-likeness (QED) is 0.731. The highest BCUT2D eigenvalue weighted by Gasteiger charge is 2.15. The van der Waals surface area contributed by atoms with Gasteiger partial charge in [-0.25, -0.2) is 4.79 Å². The maximum absolute atomic E-state index is 12.6. The summed E-state index contributed by atoms with van der Waals surface area (Å²) in [6, 6.07) is 20.5. The molecule has 0 unspecified atom stereocenters. The molecule has 0 radical (unpaired) electrons. The number of carbonyl (C=O) groups excluding carboxylic acids is 2. The lowest BCUT2D eigenvalue weighted by Gasteiger charge is -2.17. The van der Waals surface area contributed by atoms with Gasteiger partial charge in [-0.15, -0.1) is 0 Å². The smallest absolute Gasteiger partial charge is 0.337 e. The van der Waals surface area contributed by atoms with Crippen LogP contribution in [0.25, 0.3) is 10.8 Å². The first-order chi connectivity index (χ1) is 12.1. The molecule has 0 bridgehead atoms. The number of hydrogen-bond acceptors (Lipinski definition) is 3. The summed E-state index contributed by atoms with van der Waals surface area (Å²) in [6.45, 7) is 1.95. The van der Waals surface area contributed by atoms with E-state index < -0.39 is 5.97 Å². The zero-order valence-corrected chi connectivity index (χ0v) is 14.2. The van der Waals surface area contributed by atoms with Crippen LogP contribution in [0.2, 0.25) is 0 Å². The SMILES string of the molecule is COC(=O)c1cccc(C(=O)N[C@H](C)c2cccc3ccccc23)c1. The van der Waals surface area contributed by atoms with Gasteiger partial charge < -0.3 is 10.1 Å². The predicted molar refractivity (Wildman–Crippen MR) is 97.6 cm³/mol. The number of hydrogen-bond donors (Lipinski definition) is 1. The predicted octanol–water partition coefficient (Wildman–Crippen LogP) is 4.12. The Morgan fingerprint density at radius 3 is 2.40 bits per heavy atom. The maximum Gasteiger partial charge on any atom is 0.337 e. The summed E-state index contributed by atoms with van der Waals surface area (Å²) in [4.78, 5) is 24.2. The van der Waals surface area contributed by atoms with Crippen LogP contribution in [0.3, 0.4) is 0 Å². The number of amides is 1. The van der Waals surface area contributed by atoms with Gasteiger partial charge in [-0.1, -0.05) is 48.5 Å². The van der Waals surface area contributed by atoms with Crippen molar-refractivity contribution in [3.8, 4) is 0 Å². The molecule has 0 aromatic heterocycles. The number of benzene rings is 3. The zero-order valence-electron chi connectivity index (χ0n) is 14.2. The molecule has 0 saturated heterocycles. The zero-order chi connectivity index (χ0) is 17.8. The lowest BCUT2D eigenvalue weighted by Crippen LogP contribution is -2.27. The monoisotopic (exact) mass is 333 g/mol. The van der Waals surface area contributed by atoms with Crippen molar-refractivity contribution in [1.29, 1.82) is 0 Å². The van der Waals surface area contributed by atoms with E-state index in [2.05, 4.69) is 5.32 Å². The first kappa shape index (κ1) is 16.7. The minimum absolute atomic E-state index is 0.166. The fourth-order valence-corrected chi connectivity index (χ4v) is 2.89. The van der Waals surface area contributed by atoms with Gasteiger partial charge in [0.15, 0.2) is 0 Å². The molecule has 126 valence electrons. The van der Waals surface area contributed by atoms with Crippen LogP contribution < -0.4 is 5.32 Å². The average molecular weight is 333 g/mol. The summed E-state index contributed by atoms with van der Waals surface area (Å²) in [5.41, 5.74) is 1.83. The standard InChI is InChI=1S/C21H19NO3/c1-14(18-12-6-8-15-7-3-4-11-19(15)18)22-20(23)16-9-5-10-17(13-16)21(24)25-2/h3-14H,1-2H3,(H,22,23)/t14-/m1/s1. The molecule has 1 atom stereocenters. The van der Waals surface area contributed by atoms with Crippen molar-refractivity contribution in [3.05, 3.63) is 83.4 Å². The fourth-order valence-electron chi connectivity index (χ4n) is 2.89. The molecular formula is C21H19NO3. The van der Waals surface area contributed by atoms with Gasteiger partial charge in [-0.3, -0.25) is 4.79 Å². The van der Waals surface area contributed by atoms with Crippen molar-refractivity contribution >= 4 is 22.6 Å². The van der Waals surface area contributed by atoms with Crippen molar-refractivity contribution in [3.63, 3.8) is 0 Å². The molecule has 0 aliphatic rings. The summed E-state index contributed by atoms with van der Waals surface area (Å²) in [5, 5.41) is 5.24. The van der Waals surface area contributed by atoms with E-state index in [-0.39, 0.29) is 11.9 Å². The van der Waals surface area contributed by atoms with Crippen LogP contribution in [0.5, 0.6) is 0 Å². The van der Waals surface area contributed by atoms with E-state index in [1.165, 1.54) is 13.2 Å². The average Bonchev–Trinajstić information content (AvgIpc) is 2.66. The minimum Gasteiger partial charge on any atom is -0.465 e. The van der Waals surface area contributed by atoms with E-state index in [1.807, 2.05) is 49.4 Å². The van der Waals surface area contributed by atoms with Crippen molar-refractivity contribution < 1.29 is 14.3 Å². The Bertz CT molecular complexity index is 928. The molecule has 3 rings (SSSR count). The van der Waals surface area contributed by atoms with Gasteiger partial charge in [-0.05, 0) is 41.5 Å². The highest BCUT2D eigenvalue weighted by Crippen LogP contribution is 2.24. The van der Waals surface area contributed by atoms with E-state index in [9.17, 15) is 9.59 Å². The largest absolute Gasteiger partial charge is 0.465 e. The van der Waals surface area contributed by atoms with Gasteiger partial charge in [0.25, 0.3) is 5.91 Å². The summed E-state index contributed by atoms with van der Waals surface area (Å²) >= 11 is 0. The van der Waals surface area contributed by atoms with E-state index in [0.29, 0.717) is 11.1 Å². The molecule has 0 heterocycles. The van der Waals surface area contributed by atoms with Crippen LogP contribution in [0.4, 0.5) is 0 Å². The van der Waals surface area contributed by atoms with Gasteiger partial charge in [-0.2, -0.15) is 0 Å². The normalized spacial score (nSPS) is 11.8. The van der Waals surface area contributed by atoms with Gasteiger partial charge in [0.1, 0.15) is 0 Å². The third-order valence-electron chi connectivity index (χ3n) is 4.18. The molecule has 4 nitrogen and oxygen atoms in total. The molecule has 3 aromatic carbocycles. The van der Waals surface area contributed by atoms with Gasteiger partial charge in [0.05, 0.1) is 18.7 Å². The topological polar surface area (TPSA) is 55.4 Å². The first-order valence-corrected chi connectivity index (χ1v) is 8.07. The van der Waals surface area contributed by atoms with Gasteiger partial charge in [0, 0.05) is 5.56 Å². The second kappa shape index (κ2) is 7.18. The molecule has 4 heteroatoms. The number of nitrogens with one attached hydrogen (secondary N) is 1. The Labute approximate surface area is 146 Å². The highest BCUT2D eigenvalue weighted by atomic mass is 16.5. The Hall–Kier alpha value is -3.14. The Kier molecular flexibility index (Phi) is 4.80. The van der Waals surface area contributed by atoms with Crippen LogP contribution in [-0.4, -0.2) is 19.0 Å². The summed E-state index contributed by atoms with van der Waals surface area (Å²) < 4.78 is 4.70. The molecule has 1 amide bonds. The lowest BCUT2D eigenvalue weighted by atomic mass is 9.99. The molecule has 25 heavy (non-hydrogen) atoms. The molecule has 0 aliphatic carbocycles. The second-order valence-electron chi connectivity index (χ2n) is 5.84. The summed E-state index contributed by atoms with van der Waals surface area (Å²) in [6.07, 6.45) is 0. The van der Waals surface area contributed by atoms with Crippen molar-refractivity contribution in [2.75, 3.05) is 7.11 Å². The third-order valence-corrected chi connectivity index (χ3v) is 4.18. The molecule has 0 fully saturated rings. The summed E-state index contributed by atoms with van der Waals surface area (Å²) in [5.74, 6) is -0.692. The van der Waals surface area contributed by atoms with E-state index in [0.717, 1.165) is 16.3 Å². The molecule has 0 saturated carbocycles. The van der Waals surface area contributed by atoms with Gasteiger partial charge in [0.2, 0.25) is 0 Å². The van der Waals surface area contributed by atoms with Crippen LogP contribution in [0.15, 0.2) is 66.7 Å². The van der Waals surface area contributed by atoms with E-state index in [1.54, 1.807) is 18.2 Å². The Morgan fingerprint density at radius 2 is 1.60 bits per heavy atom. The Balaban J connectivity index is 1.84. The number of rotatable bonds is 4. The molecule has 3 aromatic rings. The second-order valence-corrected chi connectivity index (χ2v) is 5.84. The number of esters is 1. The lowest BCUT2D eigenvalue weighted by molar-refractivity contribution is 0.0600. The van der Waals surface area contributed by atoms with Crippen molar-refractivity contribution in [2.45, 2.75) is 13.0 Å². The summed E-state index contributed by atoms with van der Waals surface area (Å²) in [7, 11) is 1.32. The number of methoxy groups -OCH3 is 1. The van der Waals surface area contributed by atoms with Crippen LogP contribution in [-0.2, 0) is 4.74 Å². The van der Waals surface area contributed by atoms with Crippen LogP contribution in [0, 0.1) is 0 Å². The number of carbonyl (C=O) groups is 2. The number of ether oxygens (including phenoxy) is 1. The molecular weight excluding hydrogens is 314 g/mol. The van der Waals surface area contributed by atoms with Crippen molar-refractivity contribution in [2.24, 2.45) is 0 Å². The third kappa shape index (κ3) is 3.53. The fraction of sp³-hybridized carbons (Fsp3) is 0.143. The molecule has 1 N–H and O–H groups in total. The van der Waals surface area contributed by atoms with Crippen LogP contribution >= 0.6 is 0 Å². The maximum atomic E-state index is 12.6. The highest BCUT2D eigenvalue weighted by molar-refractivity contribution is 5.98. The van der Waals surface area contributed by atoms with Crippen LogP contribution in [0.1, 0.15) is 39.2 Å². The van der Waals surface area contributed by atoms with E-state index in [4.69, 9.17) is 4.74 Å². The van der Waals surface area contributed by atoms with E-state index >= 15 is 0 Å². The number of fused-ring (bicyclic) bond motifs is 1. The Morgan fingerprint density at radius 1 is 0.920 bits per heavy atom. The molecule has 0 aliphatic heterocycles. The van der Waals surface area contributed by atoms with Gasteiger partial charge >= 0.3 is 5.97 Å². The first-order valence-electron chi connectivity index (χ1n) is 8.07. The van der Waals surface area contributed by atoms with Crippen molar-refractivity contribution in [1.82, 2.24) is 5.32 Å².